The van der Waals surface area contributed by atoms with Crippen molar-refractivity contribution in [1.29, 1.82) is 0 Å². The molecule has 0 amide bonds. The summed E-state index contributed by atoms with van der Waals surface area (Å²) >= 11 is 0. The molecule has 12 atom stereocenters. The summed E-state index contributed by atoms with van der Waals surface area (Å²) in [6.45, 7) is 7.74. The molecule has 9 saturated heterocycles. The zero-order chi connectivity index (χ0) is 42.2. The quantitative estimate of drug-likeness (QED) is 0.193. The summed E-state index contributed by atoms with van der Waals surface area (Å²) in [6, 6.07) is 0. The summed E-state index contributed by atoms with van der Waals surface area (Å²) in [6.07, 6.45) is -2.43. The Bertz CT molecular complexity index is 1360. The third-order valence-electron chi connectivity index (χ3n) is 8.88. The first-order chi connectivity index (χ1) is 27.8. The molecule has 0 aromatic rings. The SMILES string of the molecule is CC1COC(=O)O1.CC1OCCC2OC(=O)OC12.CCCCCC1COC(=O)O1.O=C1OC2COC(CO)C2O1.O=C1OC2COC(O)C2O1.O=C1OCC(CO)O1. The third-order valence-corrected chi connectivity index (χ3v) is 8.88. The van der Waals surface area contributed by atoms with Gasteiger partial charge in [0.1, 0.15) is 44.2 Å². The fourth-order valence-electron chi connectivity index (χ4n) is 5.88. The molecule has 9 fully saturated rings. The number of aliphatic hydroxyl groups is 3. The van der Waals surface area contributed by atoms with E-state index in [-0.39, 0.29) is 63.1 Å². The number of ether oxygens (including phenoxy) is 15. The Hall–Kier alpha value is -4.62. The van der Waals surface area contributed by atoms with Gasteiger partial charge in [0, 0.05) is 6.42 Å². The van der Waals surface area contributed by atoms with Gasteiger partial charge >= 0.3 is 36.9 Å². The van der Waals surface area contributed by atoms with Crippen molar-refractivity contribution in [1.82, 2.24) is 0 Å². The van der Waals surface area contributed by atoms with E-state index >= 15 is 0 Å². The minimum Gasteiger partial charge on any atom is -0.430 e. The molecule has 0 bridgehead atoms. The molecule has 0 radical (unpaired) electrons. The predicted molar refractivity (Wildman–Crippen MR) is 180 cm³/mol. The van der Waals surface area contributed by atoms with Gasteiger partial charge in [-0.05, 0) is 26.7 Å². The van der Waals surface area contributed by atoms with Gasteiger partial charge < -0.3 is 86.4 Å². The van der Waals surface area contributed by atoms with Gasteiger partial charge in [-0.25, -0.2) is 28.8 Å². The molecule has 0 saturated carbocycles. The van der Waals surface area contributed by atoms with Crippen molar-refractivity contribution < 1.29 is 115 Å². The summed E-state index contributed by atoms with van der Waals surface area (Å²) in [5.41, 5.74) is 0. The van der Waals surface area contributed by atoms with Gasteiger partial charge in [-0.3, -0.25) is 0 Å². The molecule has 0 aliphatic carbocycles. The number of cyclic esters (lactones) is 6. The van der Waals surface area contributed by atoms with E-state index in [1.165, 1.54) is 12.8 Å². The second-order valence-electron chi connectivity index (χ2n) is 13.4. The van der Waals surface area contributed by atoms with Gasteiger partial charge in [-0.2, -0.15) is 0 Å². The van der Waals surface area contributed by atoms with E-state index < -0.39 is 73.7 Å². The summed E-state index contributed by atoms with van der Waals surface area (Å²) in [7, 11) is 0. The second kappa shape index (κ2) is 23.1. The normalized spacial score (nSPS) is 35.3. The number of fused-ring (bicyclic) bond motifs is 3. The third kappa shape index (κ3) is 14.3. The van der Waals surface area contributed by atoms with Crippen LogP contribution in [0.4, 0.5) is 28.8 Å². The molecule has 9 aliphatic rings. The largest absolute Gasteiger partial charge is 0.509 e. The topological polar surface area (TPSA) is 302 Å². The van der Waals surface area contributed by atoms with Gasteiger partial charge in [0.2, 0.25) is 0 Å². The van der Waals surface area contributed by atoms with Crippen molar-refractivity contribution in [2.45, 2.75) is 126 Å². The minimum absolute atomic E-state index is 0.0223. The molecule has 24 nitrogen and oxygen atoms in total. The van der Waals surface area contributed by atoms with Crippen molar-refractivity contribution in [2.24, 2.45) is 0 Å². The lowest BCUT2D eigenvalue weighted by Crippen LogP contribution is -2.40. The van der Waals surface area contributed by atoms with Crippen LogP contribution in [0, 0.1) is 0 Å². The summed E-state index contributed by atoms with van der Waals surface area (Å²) in [4.78, 5) is 62.1. The predicted octanol–water partition coefficient (Wildman–Crippen LogP) is 1.38. The molecule has 24 heteroatoms. The zero-order valence-electron chi connectivity index (χ0n) is 32.0. The van der Waals surface area contributed by atoms with Gasteiger partial charge in [0.15, 0.2) is 42.9 Å². The maximum absolute atomic E-state index is 10.7. The lowest BCUT2D eigenvalue weighted by atomic mass is 10.0. The molecule has 58 heavy (non-hydrogen) atoms. The standard InChI is InChI=1S/C8H14O3.C7H10O4.C6H8O5.C5H6O5.C4H6O4.C4H6O3/c1-2-3-4-5-7-6-10-8(9)11-7;1-4-6-5(2-3-9-4)10-7(8)11-6;7-1-3-5-4(2-9-3)10-6(8)11-5;6-4-3-2(1-8-4)9-5(7)10-3;5-1-3-2-7-4(6)8-3;1-3-2-6-4(5)7-3/h7H,2-6H2,1H3;4-6H,2-3H2,1H3;3-5,7H,1-2H2;2-4,6H,1H2;3,5H,1-2H2;3H,2H2,1H3. The van der Waals surface area contributed by atoms with Crippen LogP contribution in [0.1, 0.15) is 52.9 Å². The molecule has 3 N–H and O–H groups in total. The fourth-order valence-corrected chi connectivity index (χ4v) is 5.88. The van der Waals surface area contributed by atoms with E-state index in [0.29, 0.717) is 26.4 Å². The number of hydrogen-bond donors (Lipinski definition) is 3. The Kier molecular flexibility index (Phi) is 18.3. The summed E-state index contributed by atoms with van der Waals surface area (Å²) in [5.74, 6) is 0. The van der Waals surface area contributed by atoms with Crippen LogP contribution in [0.3, 0.4) is 0 Å². The molecule has 9 rings (SSSR count). The van der Waals surface area contributed by atoms with Crippen LogP contribution < -0.4 is 0 Å². The van der Waals surface area contributed by atoms with Gasteiger partial charge in [0.25, 0.3) is 0 Å². The summed E-state index contributed by atoms with van der Waals surface area (Å²) < 4.78 is 70.6. The molecule has 0 spiro atoms. The molecule has 0 aromatic heterocycles. The number of aliphatic hydroxyl groups excluding tert-OH is 3. The summed E-state index contributed by atoms with van der Waals surface area (Å²) in [5, 5.41) is 26.0. The number of rotatable bonds is 6. The lowest BCUT2D eigenvalue weighted by molar-refractivity contribution is -0.108. The highest BCUT2D eigenvalue weighted by Gasteiger charge is 2.49. The highest BCUT2D eigenvalue weighted by Crippen LogP contribution is 2.28. The molecular formula is C34H50O24. The van der Waals surface area contributed by atoms with Crippen molar-refractivity contribution in [3.05, 3.63) is 0 Å². The Balaban J connectivity index is 0.000000155. The van der Waals surface area contributed by atoms with E-state index in [1.807, 2.05) is 6.92 Å². The maximum Gasteiger partial charge on any atom is 0.509 e. The molecule has 12 unspecified atom stereocenters. The number of carbonyl (C=O) groups is 6. The van der Waals surface area contributed by atoms with Crippen molar-refractivity contribution >= 4 is 36.9 Å². The van der Waals surface area contributed by atoms with Crippen LogP contribution >= 0.6 is 0 Å². The van der Waals surface area contributed by atoms with Crippen LogP contribution in [-0.2, 0) is 71.1 Å². The maximum atomic E-state index is 10.7. The Morgan fingerprint density at radius 2 is 1.09 bits per heavy atom. The number of carbonyl (C=O) groups excluding carboxylic acids is 6. The molecule has 9 heterocycles. The van der Waals surface area contributed by atoms with E-state index in [9.17, 15) is 28.8 Å². The highest BCUT2D eigenvalue weighted by atomic mass is 16.8. The van der Waals surface area contributed by atoms with Crippen LogP contribution in [-0.4, -0.2) is 179 Å². The van der Waals surface area contributed by atoms with Crippen LogP contribution in [0.5, 0.6) is 0 Å². The first-order valence-electron chi connectivity index (χ1n) is 18.7. The van der Waals surface area contributed by atoms with E-state index in [2.05, 4.69) is 40.1 Å². The van der Waals surface area contributed by atoms with Crippen LogP contribution in [0.2, 0.25) is 0 Å². The van der Waals surface area contributed by atoms with Gasteiger partial charge in [-0.15, -0.1) is 0 Å². The van der Waals surface area contributed by atoms with E-state index in [1.54, 1.807) is 6.92 Å². The zero-order valence-corrected chi connectivity index (χ0v) is 32.0. The first kappa shape index (κ1) is 46.1. The van der Waals surface area contributed by atoms with E-state index in [4.69, 9.17) is 53.2 Å². The van der Waals surface area contributed by atoms with Crippen LogP contribution in [0.15, 0.2) is 0 Å². The first-order valence-corrected chi connectivity index (χ1v) is 18.7. The Morgan fingerprint density at radius 1 is 0.534 bits per heavy atom. The highest BCUT2D eigenvalue weighted by molar-refractivity contribution is 5.64. The number of unbranched alkanes of at least 4 members (excludes halogenated alkanes) is 2. The van der Waals surface area contributed by atoms with Gasteiger partial charge in [-0.1, -0.05) is 19.8 Å². The van der Waals surface area contributed by atoms with E-state index in [0.717, 1.165) is 19.3 Å². The van der Waals surface area contributed by atoms with Gasteiger partial charge in [0.05, 0.1) is 39.1 Å². The monoisotopic (exact) mass is 842 g/mol. The van der Waals surface area contributed by atoms with Crippen molar-refractivity contribution in [3.8, 4) is 0 Å². The second-order valence-corrected chi connectivity index (χ2v) is 13.4. The molecule has 330 valence electrons. The number of hydrogen-bond acceptors (Lipinski definition) is 24. The molecule has 9 aliphatic heterocycles. The average Bonchev–Trinajstić information content (AvgIpc) is 4.06. The average molecular weight is 843 g/mol. The molecular weight excluding hydrogens is 792 g/mol. The van der Waals surface area contributed by atoms with Crippen molar-refractivity contribution in [2.75, 3.05) is 52.9 Å². The minimum atomic E-state index is -1.02. The fraction of sp³-hybridized carbons (Fsp3) is 0.824. The Labute approximate surface area is 331 Å². The Morgan fingerprint density at radius 3 is 1.57 bits per heavy atom. The smallest absolute Gasteiger partial charge is 0.430 e. The van der Waals surface area contributed by atoms with Crippen molar-refractivity contribution in [3.63, 3.8) is 0 Å². The lowest BCUT2D eigenvalue weighted by Gasteiger charge is -2.26. The van der Waals surface area contributed by atoms with Crippen LogP contribution in [0.25, 0.3) is 0 Å². The molecule has 0 aromatic carbocycles.